The van der Waals surface area contributed by atoms with Crippen LogP contribution < -0.4 is 0 Å². The lowest BCUT2D eigenvalue weighted by molar-refractivity contribution is -0.161. The summed E-state index contributed by atoms with van der Waals surface area (Å²) in [6.45, 7) is 3.92. The molecule has 0 aromatic rings. The summed E-state index contributed by atoms with van der Waals surface area (Å²) in [7, 11) is 0. The Balaban J connectivity index is 3.51. The van der Waals surface area contributed by atoms with Crippen molar-refractivity contribution in [2.45, 2.75) is 277 Å². The first kappa shape index (κ1) is 68.3. The number of ether oxygens (including phenoxy) is 2. The Bertz CT molecular complexity index is 1450. The zero-order valence-electron chi connectivity index (χ0n) is 46.9. The molecule has 0 aliphatic heterocycles. The highest BCUT2D eigenvalue weighted by atomic mass is 16.6. The zero-order chi connectivity index (χ0) is 52.0. The number of carbonyl (C=O) groups is 2. The Morgan fingerprint density at radius 2 is 0.556 bits per heavy atom. The maximum Gasteiger partial charge on any atom is 0.306 e. The van der Waals surface area contributed by atoms with Crippen LogP contribution in [0.3, 0.4) is 0 Å². The first-order chi connectivity index (χ1) is 35.6. The van der Waals surface area contributed by atoms with Crippen molar-refractivity contribution >= 4 is 11.9 Å². The zero-order valence-corrected chi connectivity index (χ0v) is 46.9. The van der Waals surface area contributed by atoms with E-state index in [0.29, 0.717) is 12.8 Å². The molecular formula is C67H112O5. The molecule has 1 unspecified atom stereocenters. The molecule has 0 amide bonds. The van der Waals surface area contributed by atoms with Gasteiger partial charge < -0.3 is 14.6 Å². The number of hydrogen-bond acceptors (Lipinski definition) is 5. The fourth-order valence-corrected chi connectivity index (χ4v) is 8.32. The third-order valence-electron chi connectivity index (χ3n) is 12.8. The molecule has 0 aliphatic carbocycles. The summed E-state index contributed by atoms with van der Waals surface area (Å²) in [5, 5.41) is 9.67. The normalized spacial score (nSPS) is 13.1. The Morgan fingerprint density at radius 1 is 0.319 bits per heavy atom. The van der Waals surface area contributed by atoms with Gasteiger partial charge in [-0.3, -0.25) is 9.59 Å². The first-order valence-electron chi connectivity index (χ1n) is 30.1. The third kappa shape index (κ3) is 58.9. The van der Waals surface area contributed by atoms with Crippen molar-refractivity contribution in [2.75, 3.05) is 13.2 Å². The Morgan fingerprint density at radius 3 is 0.833 bits per heavy atom. The van der Waals surface area contributed by atoms with Crippen molar-refractivity contribution in [1.29, 1.82) is 0 Å². The molecule has 0 aliphatic rings. The van der Waals surface area contributed by atoms with Crippen LogP contribution in [-0.2, 0) is 19.1 Å². The van der Waals surface area contributed by atoms with E-state index in [1.54, 1.807) is 0 Å². The van der Waals surface area contributed by atoms with Gasteiger partial charge >= 0.3 is 11.9 Å². The van der Waals surface area contributed by atoms with Gasteiger partial charge in [-0.25, -0.2) is 0 Å². The summed E-state index contributed by atoms with van der Waals surface area (Å²) in [5.41, 5.74) is 0. The van der Waals surface area contributed by atoms with Crippen LogP contribution in [0.25, 0.3) is 0 Å². The van der Waals surface area contributed by atoms with Crippen LogP contribution in [0.5, 0.6) is 0 Å². The Labute approximate surface area is 445 Å². The number of esters is 2. The lowest BCUT2D eigenvalue weighted by Crippen LogP contribution is -2.28. The number of allylic oxidation sites excluding steroid dienone is 20. The highest BCUT2D eigenvalue weighted by Gasteiger charge is 2.16. The lowest BCUT2D eigenvalue weighted by atomic mass is 10.0. The highest BCUT2D eigenvalue weighted by Crippen LogP contribution is 2.16. The number of unbranched alkanes of at least 4 members (excludes halogenated alkanes) is 26. The number of hydrogen-bond donors (Lipinski definition) is 1. The van der Waals surface area contributed by atoms with E-state index in [2.05, 4.69) is 135 Å². The molecule has 0 fully saturated rings. The van der Waals surface area contributed by atoms with Crippen LogP contribution in [-0.4, -0.2) is 36.4 Å². The molecule has 0 saturated carbocycles. The second-order valence-electron chi connectivity index (χ2n) is 19.7. The molecule has 410 valence electrons. The lowest BCUT2D eigenvalue weighted by Gasteiger charge is -2.15. The molecule has 0 radical (unpaired) electrons. The summed E-state index contributed by atoms with van der Waals surface area (Å²) in [6.07, 6.45) is 90.4. The molecule has 5 heteroatoms. The molecule has 0 aromatic carbocycles. The molecule has 1 atom stereocenters. The van der Waals surface area contributed by atoms with Gasteiger partial charge in [0.1, 0.15) is 6.61 Å². The summed E-state index contributed by atoms with van der Waals surface area (Å²) in [5.74, 6) is -0.598. The van der Waals surface area contributed by atoms with E-state index in [1.807, 2.05) is 0 Å². The van der Waals surface area contributed by atoms with Crippen molar-refractivity contribution in [3.05, 3.63) is 122 Å². The van der Waals surface area contributed by atoms with E-state index in [9.17, 15) is 14.7 Å². The van der Waals surface area contributed by atoms with Gasteiger partial charge in [0.15, 0.2) is 6.10 Å². The molecule has 0 aromatic heterocycles. The molecule has 0 spiro atoms. The predicted octanol–water partition coefficient (Wildman–Crippen LogP) is 20.6. The minimum absolute atomic E-state index is 0.0736. The second kappa shape index (κ2) is 61.6. The summed E-state index contributed by atoms with van der Waals surface area (Å²) in [6, 6.07) is 0. The number of rotatable bonds is 54. The molecule has 0 saturated heterocycles. The molecular weight excluding hydrogens is 885 g/mol. The van der Waals surface area contributed by atoms with Crippen LogP contribution in [0.4, 0.5) is 0 Å². The maximum absolute atomic E-state index is 12.3. The van der Waals surface area contributed by atoms with Gasteiger partial charge in [0, 0.05) is 12.8 Å². The SMILES string of the molecule is CC/C=C\C/C=C\C/C=C\C/C=C\C/C=C\C/C=C\CCCCCCCCCCC(=O)OC(CO)COC(=O)CCCCCCCCCCCCCCCCCCCC/C=C\C/C=C\C/C=C\C/C=C\CC. The fourth-order valence-electron chi connectivity index (χ4n) is 8.32. The third-order valence-corrected chi connectivity index (χ3v) is 12.8. The van der Waals surface area contributed by atoms with Gasteiger partial charge in [-0.2, -0.15) is 0 Å². The standard InChI is InChI=1S/C67H112O5/c1-3-5-7-9-11-13-15-17-19-21-23-25-27-29-31-32-33-34-36-37-39-41-43-45-47-49-51-53-55-57-59-61-66(69)71-64-65(63-68)72-67(70)62-60-58-56-54-52-50-48-46-44-42-40-38-35-30-28-26-24-22-20-18-16-14-12-10-8-6-4-2/h5-8,11-14,17-20,23-26,30,35,40,42,65,68H,3-4,9-10,15-16,21-22,27-29,31-34,36-39,41,43-64H2,1-2H3/b7-5-,8-6-,13-11-,14-12-,19-17-,20-18-,25-23-,26-24-,35-30-,42-40-. The monoisotopic (exact) mass is 997 g/mol. The molecule has 5 nitrogen and oxygen atoms in total. The quantitative estimate of drug-likeness (QED) is 0.0373. The second-order valence-corrected chi connectivity index (χ2v) is 19.7. The van der Waals surface area contributed by atoms with Crippen LogP contribution in [0.1, 0.15) is 271 Å². The average molecular weight is 998 g/mol. The number of carbonyl (C=O) groups excluding carboxylic acids is 2. The minimum atomic E-state index is -0.785. The van der Waals surface area contributed by atoms with Crippen molar-refractivity contribution in [2.24, 2.45) is 0 Å². The van der Waals surface area contributed by atoms with Gasteiger partial charge in [0.2, 0.25) is 0 Å². The van der Waals surface area contributed by atoms with Gasteiger partial charge in [0.25, 0.3) is 0 Å². The van der Waals surface area contributed by atoms with Crippen molar-refractivity contribution < 1.29 is 24.2 Å². The molecule has 0 heterocycles. The number of aliphatic hydroxyl groups excluding tert-OH is 1. The van der Waals surface area contributed by atoms with E-state index in [0.717, 1.165) is 109 Å². The van der Waals surface area contributed by atoms with E-state index >= 15 is 0 Å². The van der Waals surface area contributed by atoms with Gasteiger partial charge in [-0.1, -0.05) is 277 Å². The Hall–Kier alpha value is -3.70. The van der Waals surface area contributed by atoms with Crippen LogP contribution in [0.2, 0.25) is 0 Å². The smallest absolute Gasteiger partial charge is 0.306 e. The molecule has 0 rings (SSSR count). The summed E-state index contributed by atoms with van der Waals surface area (Å²) < 4.78 is 10.7. The molecule has 72 heavy (non-hydrogen) atoms. The number of aliphatic hydroxyl groups is 1. The maximum atomic E-state index is 12.3. The van der Waals surface area contributed by atoms with Gasteiger partial charge in [-0.05, 0) is 103 Å². The van der Waals surface area contributed by atoms with E-state index < -0.39 is 6.10 Å². The summed E-state index contributed by atoms with van der Waals surface area (Å²) in [4.78, 5) is 24.6. The first-order valence-corrected chi connectivity index (χ1v) is 30.1. The van der Waals surface area contributed by atoms with Gasteiger partial charge in [0.05, 0.1) is 6.61 Å². The van der Waals surface area contributed by atoms with E-state index in [4.69, 9.17) is 9.47 Å². The van der Waals surface area contributed by atoms with Crippen LogP contribution in [0.15, 0.2) is 122 Å². The van der Waals surface area contributed by atoms with Crippen molar-refractivity contribution in [3.8, 4) is 0 Å². The van der Waals surface area contributed by atoms with Gasteiger partial charge in [-0.15, -0.1) is 0 Å². The Kier molecular flexibility index (Phi) is 58.4. The largest absolute Gasteiger partial charge is 0.462 e. The summed E-state index contributed by atoms with van der Waals surface area (Å²) >= 11 is 0. The predicted molar refractivity (Wildman–Crippen MR) is 315 cm³/mol. The van der Waals surface area contributed by atoms with Crippen LogP contribution in [0, 0.1) is 0 Å². The van der Waals surface area contributed by atoms with E-state index in [1.165, 1.54) is 135 Å². The van der Waals surface area contributed by atoms with Crippen molar-refractivity contribution in [3.63, 3.8) is 0 Å². The van der Waals surface area contributed by atoms with Crippen LogP contribution >= 0.6 is 0 Å². The van der Waals surface area contributed by atoms with Crippen molar-refractivity contribution in [1.82, 2.24) is 0 Å². The minimum Gasteiger partial charge on any atom is -0.462 e. The van der Waals surface area contributed by atoms with E-state index in [-0.39, 0.29) is 25.2 Å². The highest BCUT2D eigenvalue weighted by molar-refractivity contribution is 5.70. The molecule has 0 bridgehead atoms. The molecule has 1 N–H and O–H groups in total. The topological polar surface area (TPSA) is 72.8 Å². The fraction of sp³-hybridized carbons (Fsp3) is 0.672. The average Bonchev–Trinajstić information content (AvgIpc) is 3.38.